The van der Waals surface area contributed by atoms with E-state index in [4.69, 9.17) is 18.9 Å². The third-order valence-electron chi connectivity index (χ3n) is 12.3. The zero-order chi connectivity index (χ0) is 42.9. The van der Waals surface area contributed by atoms with E-state index in [0.717, 1.165) is 72.6 Å². The molecule has 7 aromatic carbocycles. The first-order chi connectivity index (χ1) is 30.6. The summed E-state index contributed by atoms with van der Waals surface area (Å²) in [7, 11) is 0. The minimum Gasteiger partial charge on any atom is -0.490 e. The molecule has 0 bridgehead atoms. The van der Waals surface area contributed by atoms with Gasteiger partial charge in [0.05, 0.1) is 26.4 Å². The maximum Gasteiger partial charge on any atom is 0.161 e. The Kier molecular flexibility index (Phi) is 16.8. The number of ether oxygens (including phenoxy) is 4. The average Bonchev–Trinajstić information content (AvgIpc) is 3.30. The van der Waals surface area contributed by atoms with Crippen molar-refractivity contribution >= 4 is 43.1 Å². The van der Waals surface area contributed by atoms with Crippen LogP contribution in [-0.4, -0.2) is 26.4 Å². The molecule has 326 valence electrons. The Morgan fingerprint density at radius 3 is 0.871 bits per heavy atom. The molecular weight excluding hydrogens is 761 g/mol. The van der Waals surface area contributed by atoms with Gasteiger partial charge in [-0.05, 0) is 140 Å². The fourth-order valence-electron chi connectivity index (χ4n) is 8.86. The molecule has 0 fully saturated rings. The molecule has 62 heavy (non-hydrogen) atoms. The van der Waals surface area contributed by atoms with E-state index < -0.39 is 0 Å². The Morgan fingerprint density at radius 1 is 0.290 bits per heavy atom. The molecule has 0 spiro atoms. The highest BCUT2D eigenvalue weighted by Crippen LogP contribution is 2.48. The summed E-state index contributed by atoms with van der Waals surface area (Å²) < 4.78 is 26.3. The first kappa shape index (κ1) is 44.8. The second kappa shape index (κ2) is 23.3. The maximum atomic E-state index is 6.66. The van der Waals surface area contributed by atoms with E-state index in [2.05, 4.69) is 137 Å². The van der Waals surface area contributed by atoms with Gasteiger partial charge >= 0.3 is 0 Å². The summed E-state index contributed by atoms with van der Waals surface area (Å²) in [6, 6.07) is 40.4. The van der Waals surface area contributed by atoms with E-state index in [0.29, 0.717) is 26.4 Å². The number of benzene rings is 7. The van der Waals surface area contributed by atoms with Crippen molar-refractivity contribution in [2.75, 3.05) is 26.4 Å². The van der Waals surface area contributed by atoms with Gasteiger partial charge in [-0.25, -0.2) is 0 Å². The van der Waals surface area contributed by atoms with E-state index in [1.807, 2.05) is 0 Å². The highest BCUT2D eigenvalue weighted by Gasteiger charge is 2.21. The van der Waals surface area contributed by atoms with Crippen molar-refractivity contribution in [3.63, 3.8) is 0 Å². The number of unbranched alkanes of at least 4 members (excludes halogenated alkanes) is 12. The van der Waals surface area contributed by atoms with Crippen molar-refractivity contribution in [1.82, 2.24) is 0 Å². The van der Waals surface area contributed by atoms with Crippen LogP contribution in [0.25, 0.3) is 65.3 Å². The van der Waals surface area contributed by atoms with Crippen LogP contribution in [-0.2, 0) is 0 Å². The predicted molar refractivity (Wildman–Crippen MR) is 266 cm³/mol. The summed E-state index contributed by atoms with van der Waals surface area (Å²) in [6.07, 6.45) is 18.5. The lowest BCUT2D eigenvalue weighted by Gasteiger charge is -2.21. The second-order valence-electron chi connectivity index (χ2n) is 17.2. The summed E-state index contributed by atoms with van der Waals surface area (Å²) in [5.41, 5.74) is 4.67. The van der Waals surface area contributed by atoms with Gasteiger partial charge in [0, 0.05) is 0 Å². The van der Waals surface area contributed by atoms with Crippen molar-refractivity contribution in [3.05, 3.63) is 109 Å². The maximum absolute atomic E-state index is 6.66. The zero-order valence-electron chi connectivity index (χ0n) is 38.2. The fraction of sp³-hybridized carbons (Fsp3) is 0.414. The molecule has 0 unspecified atom stereocenters. The molecule has 4 heteroatoms. The van der Waals surface area contributed by atoms with Crippen LogP contribution in [0.5, 0.6) is 23.0 Å². The van der Waals surface area contributed by atoms with Crippen LogP contribution in [0.1, 0.15) is 130 Å². The van der Waals surface area contributed by atoms with Crippen LogP contribution in [0.3, 0.4) is 0 Å². The fourth-order valence-corrected chi connectivity index (χ4v) is 8.86. The lowest BCUT2D eigenvalue weighted by Crippen LogP contribution is -2.03. The van der Waals surface area contributed by atoms with E-state index in [1.54, 1.807) is 0 Å². The van der Waals surface area contributed by atoms with Crippen molar-refractivity contribution in [3.8, 4) is 45.3 Å². The van der Waals surface area contributed by atoms with Gasteiger partial charge in [-0.3, -0.25) is 0 Å². The van der Waals surface area contributed by atoms with Gasteiger partial charge in [-0.2, -0.15) is 0 Å². The average molecular weight is 831 g/mol. The van der Waals surface area contributed by atoms with Gasteiger partial charge < -0.3 is 18.9 Å². The molecule has 0 heterocycles. The second-order valence-corrected chi connectivity index (χ2v) is 17.2. The molecule has 0 atom stereocenters. The molecular formula is C58H70O4. The summed E-state index contributed by atoms with van der Waals surface area (Å²) in [5.74, 6) is 3.31. The summed E-state index contributed by atoms with van der Waals surface area (Å²) in [4.78, 5) is 0. The SMILES string of the molecule is CCCCCCOc1ccc(-c2c3cc4ccccc4cc3c(-c3ccc(OCCCCCC)c(OCCCCCC)c3)c3cc4ccccc4cc23)cc1OCCCCCC. The molecule has 7 rings (SSSR count). The molecule has 0 aliphatic heterocycles. The van der Waals surface area contributed by atoms with E-state index in [-0.39, 0.29) is 0 Å². The third kappa shape index (κ3) is 11.2. The summed E-state index contributed by atoms with van der Waals surface area (Å²) >= 11 is 0. The molecule has 0 saturated heterocycles. The van der Waals surface area contributed by atoms with Gasteiger partial charge in [0.15, 0.2) is 23.0 Å². The Hall–Kier alpha value is -5.22. The van der Waals surface area contributed by atoms with E-state index >= 15 is 0 Å². The predicted octanol–water partition coefficient (Wildman–Crippen LogP) is 17.5. The topological polar surface area (TPSA) is 36.9 Å². The quantitative estimate of drug-likeness (QED) is 0.0402. The minimum atomic E-state index is 0.673. The molecule has 0 aliphatic carbocycles. The Labute approximate surface area is 371 Å². The number of rotatable bonds is 26. The van der Waals surface area contributed by atoms with Gasteiger partial charge in [-0.15, -0.1) is 0 Å². The highest BCUT2D eigenvalue weighted by atomic mass is 16.5. The van der Waals surface area contributed by atoms with E-state index in [1.165, 1.54) is 118 Å². The molecule has 0 radical (unpaired) electrons. The van der Waals surface area contributed by atoms with Crippen LogP contribution in [0.4, 0.5) is 0 Å². The standard InChI is InChI=1S/C58H70O4/c1-5-9-13-21-33-59-53-31-29-47(41-55(53)61-35-23-15-11-7-3)57-49-37-43-25-17-19-27-45(43)39-51(49)58(52-40-46-28-20-18-26-44(46)38-50(52)57)48-30-32-54(60-34-22-14-10-6-2)56(42-48)62-36-24-16-12-8-4/h17-20,25-32,37-42H,5-16,21-24,33-36H2,1-4H3. The third-order valence-corrected chi connectivity index (χ3v) is 12.3. The van der Waals surface area contributed by atoms with Crippen LogP contribution in [0, 0.1) is 0 Å². The van der Waals surface area contributed by atoms with Gasteiger partial charge in [0.25, 0.3) is 0 Å². The Bertz CT molecular complexity index is 2230. The van der Waals surface area contributed by atoms with Crippen LogP contribution in [0.2, 0.25) is 0 Å². The van der Waals surface area contributed by atoms with Crippen molar-refractivity contribution in [2.45, 2.75) is 130 Å². The van der Waals surface area contributed by atoms with Crippen molar-refractivity contribution < 1.29 is 18.9 Å². The van der Waals surface area contributed by atoms with Gasteiger partial charge in [-0.1, -0.05) is 165 Å². The number of hydrogen-bond acceptors (Lipinski definition) is 4. The molecule has 0 N–H and O–H groups in total. The molecule has 0 amide bonds. The lowest BCUT2D eigenvalue weighted by molar-refractivity contribution is 0.259. The zero-order valence-corrected chi connectivity index (χ0v) is 38.2. The van der Waals surface area contributed by atoms with Crippen LogP contribution >= 0.6 is 0 Å². The first-order valence-electron chi connectivity index (χ1n) is 24.2. The van der Waals surface area contributed by atoms with Gasteiger partial charge in [0.1, 0.15) is 0 Å². The molecule has 0 aliphatic rings. The monoisotopic (exact) mass is 831 g/mol. The van der Waals surface area contributed by atoms with Gasteiger partial charge in [0.2, 0.25) is 0 Å². The van der Waals surface area contributed by atoms with E-state index in [9.17, 15) is 0 Å². The largest absolute Gasteiger partial charge is 0.490 e. The van der Waals surface area contributed by atoms with Crippen LogP contribution in [0.15, 0.2) is 109 Å². The van der Waals surface area contributed by atoms with Crippen molar-refractivity contribution in [1.29, 1.82) is 0 Å². The smallest absolute Gasteiger partial charge is 0.161 e. The molecule has 0 aromatic heterocycles. The lowest BCUT2D eigenvalue weighted by atomic mass is 9.84. The summed E-state index contributed by atoms with van der Waals surface area (Å²) in [6.45, 7) is 11.7. The molecule has 0 saturated carbocycles. The molecule has 4 nitrogen and oxygen atoms in total. The molecule has 7 aromatic rings. The van der Waals surface area contributed by atoms with Crippen molar-refractivity contribution in [2.24, 2.45) is 0 Å². The summed E-state index contributed by atoms with van der Waals surface area (Å²) in [5, 5.41) is 9.71. The Morgan fingerprint density at radius 2 is 0.581 bits per heavy atom. The Balaban J connectivity index is 1.42. The highest BCUT2D eigenvalue weighted by molar-refractivity contribution is 6.25. The normalized spacial score (nSPS) is 11.5. The van der Waals surface area contributed by atoms with Crippen LogP contribution < -0.4 is 18.9 Å². The number of hydrogen-bond donors (Lipinski definition) is 0. The first-order valence-corrected chi connectivity index (χ1v) is 24.2. The minimum absolute atomic E-state index is 0.673. The number of fused-ring (bicyclic) bond motifs is 4.